The topological polar surface area (TPSA) is 72.0 Å². The van der Waals surface area contributed by atoms with E-state index in [0.29, 0.717) is 17.6 Å². The summed E-state index contributed by atoms with van der Waals surface area (Å²) in [7, 11) is 0. The highest BCUT2D eigenvalue weighted by Gasteiger charge is 2.33. The molecule has 0 bridgehead atoms. The van der Waals surface area contributed by atoms with E-state index >= 15 is 0 Å². The summed E-state index contributed by atoms with van der Waals surface area (Å²) in [5.41, 5.74) is 1.50. The van der Waals surface area contributed by atoms with Crippen molar-refractivity contribution in [3.05, 3.63) is 66.2 Å². The molecule has 0 atom stereocenters. The van der Waals surface area contributed by atoms with Crippen LogP contribution in [0, 0.1) is 0 Å². The summed E-state index contributed by atoms with van der Waals surface area (Å²) < 4.78 is 44.6. The average Bonchev–Trinajstić information content (AvgIpc) is 2.76. The second-order valence-electron chi connectivity index (χ2n) is 6.97. The molecule has 0 radical (unpaired) electrons. The summed E-state index contributed by atoms with van der Waals surface area (Å²) in [5, 5.41) is 5.79. The minimum absolute atomic E-state index is 0.106. The molecule has 4 rings (SSSR count). The molecule has 0 amide bonds. The second kappa shape index (κ2) is 8.66. The number of hydrogen-bond acceptors (Lipinski definition) is 6. The molecular weight excluding hydrogens is 395 g/mol. The third-order valence-corrected chi connectivity index (χ3v) is 4.92. The van der Waals surface area contributed by atoms with Crippen LogP contribution in [0.4, 0.5) is 36.2 Å². The standard InChI is InChI=1S/C21H20F3N5O/c22-21(23,24)18-13-25-8-5-19(18)28-17-11-26-20(27-12-17)29-16-3-1-14(2-4-16)15-6-9-30-10-7-15/h1-5,8,11-13,15H,6-7,9-10H2,(H,25,28)(H,26,27,29). The van der Waals surface area contributed by atoms with Crippen LogP contribution in [-0.2, 0) is 10.9 Å². The fraction of sp³-hybridized carbons (Fsp3) is 0.286. The van der Waals surface area contributed by atoms with Gasteiger partial charge in [0, 0.05) is 31.3 Å². The predicted octanol–water partition coefficient (Wildman–Crippen LogP) is 5.27. The van der Waals surface area contributed by atoms with Gasteiger partial charge < -0.3 is 15.4 Å². The van der Waals surface area contributed by atoms with Crippen LogP contribution in [0.3, 0.4) is 0 Å². The molecule has 6 nitrogen and oxygen atoms in total. The zero-order chi connectivity index (χ0) is 21.0. The normalized spacial score (nSPS) is 15.0. The van der Waals surface area contributed by atoms with Crippen LogP contribution in [0.25, 0.3) is 0 Å². The Hall–Kier alpha value is -3.20. The van der Waals surface area contributed by atoms with Gasteiger partial charge >= 0.3 is 6.18 Å². The Morgan fingerprint density at radius 3 is 2.23 bits per heavy atom. The van der Waals surface area contributed by atoms with Gasteiger partial charge in [-0.25, -0.2) is 9.97 Å². The lowest BCUT2D eigenvalue weighted by Crippen LogP contribution is -2.13. The summed E-state index contributed by atoms with van der Waals surface area (Å²) in [6.45, 7) is 1.59. The number of aromatic nitrogens is 3. The van der Waals surface area contributed by atoms with Gasteiger partial charge in [0.05, 0.1) is 29.3 Å². The fourth-order valence-corrected chi connectivity index (χ4v) is 3.34. The third-order valence-electron chi connectivity index (χ3n) is 4.92. The molecule has 2 N–H and O–H groups in total. The van der Waals surface area contributed by atoms with E-state index in [1.54, 1.807) is 0 Å². The van der Waals surface area contributed by atoms with Crippen molar-refractivity contribution in [2.24, 2.45) is 0 Å². The van der Waals surface area contributed by atoms with Gasteiger partial charge in [-0.05, 0) is 42.5 Å². The Morgan fingerprint density at radius 2 is 1.57 bits per heavy atom. The highest BCUT2D eigenvalue weighted by Crippen LogP contribution is 2.35. The van der Waals surface area contributed by atoms with Gasteiger partial charge in [-0.2, -0.15) is 13.2 Å². The monoisotopic (exact) mass is 415 g/mol. The average molecular weight is 415 g/mol. The van der Waals surface area contributed by atoms with Crippen LogP contribution < -0.4 is 10.6 Å². The number of ether oxygens (including phenoxy) is 1. The van der Waals surface area contributed by atoms with Crippen molar-refractivity contribution in [3.63, 3.8) is 0 Å². The van der Waals surface area contributed by atoms with Crippen LogP contribution in [0.15, 0.2) is 55.1 Å². The van der Waals surface area contributed by atoms with Crippen LogP contribution in [0.5, 0.6) is 0 Å². The quantitative estimate of drug-likeness (QED) is 0.591. The molecule has 1 fully saturated rings. The summed E-state index contributed by atoms with van der Waals surface area (Å²) in [6, 6.07) is 9.35. The van der Waals surface area contributed by atoms with Gasteiger partial charge in [0.2, 0.25) is 5.95 Å². The molecule has 0 aliphatic carbocycles. The Labute approximate surface area is 171 Å². The Kier molecular flexibility index (Phi) is 5.80. The molecule has 1 saturated heterocycles. The van der Waals surface area contributed by atoms with Crippen molar-refractivity contribution in [1.82, 2.24) is 15.0 Å². The maximum Gasteiger partial charge on any atom is 0.419 e. The van der Waals surface area contributed by atoms with Crippen LogP contribution in [0.1, 0.15) is 29.9 Å². The van der Waals surface area contributed by atoms with Crippen molar-refractivity contribution in [3.8, 4) is 0 Å². The molecule has 9 heteroatoms. The van der Waals surface area contributed by atoms with E-state index < -0.39 is 11.7 Å². The number of rotatable bonds is 5. The maximum absolute atomic E-state index is 13.1. The van der Waals surface area contributed by atoms with Crippen molar-refractivity contribution in [1.29, 1.82) is 0 Å². The molecule has 1 aromatic carbocycles. The maximum atomic E-state index is 13.1. The number of nitrogens with one attached hydrogen (secondary N) is 2. The first kappa shape index (κ1) is 20.1. The highest BCUT2D eigenvalue weighted by molar-refractivity contribution is 5.63. The molecule has 3 heterocycles. The van der Waals surface area contributed by atoms with Crippen molar-refractivity contribution in [2.45, 2.75) is 24.9 Å². The van der Waals surface area contributed by atoms with Crippen LogP contribution >= 0.6 is 0 Å². The van der Waals surface area contributed by atoms with Gasteiger partial charge in [0.1, 0.15) is 0 Å². The molecule has 1 aliphatic heterocycles. The number of nitrogens with zero attached hydrogens (tertiary/aromatic N) is 3. The van der Waals surface area contributed by atoms with Gasteiger partial charge in [0.25, 0.3) is 0 Å². The number of pyridine rings is 1. The van der Waals surface area contributed by atoms with Crippen LogP contribution in [0.2, 0.25) is 0 Å². The van der Waals surface area contributed by atoms with E-state index in [-0.39, 0.29) is 5.69 Å². The van der Waals surface area contributed by atoms with Crippen molar-refractivity contribution in [2.75, 3.05) is 23.8 Å². The lowest BCUT2D eigenvalue weighted by molar-refractivity contribution is -0.137. The minimum Gasteiger partial charge on any atom is -0.381 e. The van der Waals surface area contributed by atoms with Gasteiger partial charge in [-0.1, -0.05) is 12.1 Å². The van der Waals surface area contributed by atoms with Crippen LogP contribution in [-0.4, -0.2) is 28.2 Å². The Bertz CT molecular complexity index is 971. The lowest BCUT2D eigenvalue weighted by Gasteiger charge is -2.22. The first-order valence-electron chi connectivity index (χ1n) is 9.54. The van der Waals surface area contributed by atoms with E-state index in [1.165, 1.54) is 30.2 Å². The van der Waals surface area contributed by atoms with E-state index in [9.17, 15) is 13.2 Å². The van der Waals surface area contributed by atoms with E-state index in [2.05, 4.69) is 37.7 Å². The van der Waals surface area contributed by atoms with Gasteiger partial charge in [-0.15, -0.1) is 0 Å². The number of alkyl halides is 3. The molecule has 0 saturated carbocycles. The number of halogens is 3. The zero-order valence-corrected chi connectivity index (χ0v) is 16.0. The molecule has 0 unspecified atom stereocenters. The third kappa shape index (κ3) is 4.85. The highest BCUT2D eigenvalue weighted by atomic mass is 19.4. The molecule has 0 spiro atoms. The molecule has 2 aromatic heterocycles. The molecule has 3 aromatic rings. The Morgan fingerprint density at radius 1 is 0.867 bits per heavy atom. The minimum atomic E-state index is -4.50. The first-order valence-corrected chi connectivity index (χ1v) is 9.54. The first-order chi connectivity index (χ1) is 14.5. The van der Waals surface area contributed by atoms with E-state index in [0.717, 1.165) is 37.9 Å². The smallest absolute Gasteiger partial charge is 0.381 e. The SMILES string of the molecule is FC(F)(F)c1cnccc1Nc1cnc(Nc2ccc(C3CCOCC3)cc2)nc1. The lowest BCUT2D eigenvalue weighted by atomic mass is 9.92. The Balaban J connectivity index is 1.41. The summed E-state index contributed by atoms with van der Waals surface area (Å²) in [6.07, 6.45) is 2.46. The summed E-state index contributed by atoms with van der Waals surface area (Å²) in [5.74, 6) is 0.870. The van der Waals surface area contributed by atoms with Gasteiger partial charge in [0.15, 0.2) is 0 Å². The molecule has 30 heavy (non-hydrogen) atoms. The fourth-order valence-electron chi connectivity index (χ4n) is 3.34. The molecule has 156 valence electrons. The number of benzene rings is 1. The molecular formula is C21H20F3N5O. The largest absolute Gasteiger partial charge is 0.419 e. The van der Waals surface area contributed by atoms with E-state index in [1.807, 2.05) is 12.1 Å². The predicted molar refractivity (Wildman–Crippen MR) is 107 cm³/mol. The summed E-state index contributed by atoms with van der Waals surface area (Å²) >= 11 is 0. The number of hydrogen-bond donors (Lipinski definition) is 2. The number of anilines is 4. The second-order valence-corrected chi connectivity index (χ2v) is 6.97. The van der Waals surface area contributed by atoms with E-state index in [4.69, 9.17) is 4.74 Å². The van der Waals surface area contributed by atoms with Crippen molar-refractivity contribution >= 4 is 23.0 Å². The molecule has 1 aliphatic rings. The van der Waals surface area contributed by atoms with Gasteiger partial charge in [-0.3, -0.25) is 4.98 Å². The summed E-state index contributed by atoms with van der Waals surface area (Å²) in [4.78, 5) is 11.9. The van der Waals surface area contributed by atoms with Crippen molar-refractivity contribution < 1.29 is 17.9 Å². The zero-order valence-electron chi connectivity index (χ0n) is 16.0.